The van der Waals surface area contributed by atoms with Gasteiger partial charge in [-0.2, -0.15) is 0 Å². The number of allylic oxidation sites excluding steroid dienone is 15. The number of hydrogen-bond acceptors (Lipinski definition) is 13. The summed E-state index contributed by atoms with van der Waals surface area (Å²) in [5, 5.41) is 87.0. The van der Waals surface area contributed by atoms with Gasteiger partial charge in [0.1, 0.15) is 48.8 Å². The van der Waals surface area contributed by atoms with Crippen LogP contribution in [-0.4, -0.2) is 140 Å². The van der Waals surface area contributed by atoms with Gasteiger partial charge in [-0.25, -0.2) is 0 Å². The van der Waals surface area contributed by atoms with Gasteiger partial charge in [0.05, 0.1) is 32.0 Å². The van der Waals surface area contributed by atoms with Gasteiger partial charge >= 0.3 is 0 Å². The second-order valence-corrected chi connectivity index (χ2v) is 20.0. The molecule has 0 radical (unpaired) electrons. The van der Waals surface area contributed by atoms with Crippen molar-refractivity contribution >= 4 is 5.91 Å². The smallest absolute Gasteiger partial charge is 0.220 e. The molecule has 9 N–H and O–H groups in total. The third-order valence-corrected chi connectivity index (χ3v) is 13.5. The van der Waals surface area contributed by atoms with Gasteiger partial charge in [-0.1, -0.05) is 201 Å². The van der Waals surface area contributed by atoms with Gasteiger partial charge in [0, 0.05) is 6.42 Å². The number of unbranched alkanes of at least 4 members (excludes halogenated alkanes) is 17. The van der Waals surface area contributed by atoms with Crippen molar-refractivity contribution < 1.29 is 64.6 Å². The topological polar surface area (TPSA) is 228 Å². The molecule has 14 heteroatoms. The summed E-state index contributed by atoms with van der Waals surface area (Å²) >= 11 is 0. The number of hydrogen-bond donors (Lipinski definition) is 9. The van der Waals surface area contributed by atoms with Crippen LogP contribution in [0.3, 0.4) is 0 Å². The summed E-state index contributed by atoms with van der Waals surface area (Å²) < 4.78 is 22.7. The first-order valence-electron chi connectivity index (χ1n) is 29.0. The number of aliphatic hydroxyl groups excluding tert-OH is 8. The van der Waals surface area contributed by atoms with E-state index >= 15 is 0 Å². The SMILES string of the molecule is CC/C=C\C/C=C\C/C=C\C/C=C\C/C=C\C/C=C\C/C=C\CCCCCC(=O)NC(COC1OC(CO)C(OC2OC(CO)C(O)C(O)C2O)C(O)C1O)C(O)/C=C/CCCCCCCCCCCCCCCC. The van der Waals surface area contributed by atoms with E-state index in [-0.39, 0.29) is 18.9 Å². The van der Waals surface area contributed by atoms with Crippen LogP contribution < -0.4 is 5.32 Å². The van der Waals surface area contributed by atoms with Crippen LogP contribution in [0, 0.1) is 0 Å². The number of carbonyl (C=O) groups is 1. The molecule has 1 amide bonds. The van der Waals surface area contributed by atoms with Gasteiger partial charge in [-0.3, -0.25) is 4.79 Å². The van der Waals surface area contributed by atoms with Crippen LogP contribution in [0.15, 0.2) is 97.2 Å². The maximum atomic E-state index is 13.2. The number of amides is 1. The average Bonchev–Trinajstić information content (AvgIpc) is 3.41. The molecule has 0 spiro atoms. The fraction of sp³-hybridized carbons (Fsp3) is 0.721. The third-order valence-electron chi connectivity index (χ3n) is 13.5. The Balaban J connectivity index is 1.80. The minimum atomic E-state index is -1.80. The summed E-state index contributed by atoms with van der Waals surface area (Å²) in [6.07, 6.45) is 45.8. The molecule has 12 unspecified atom stereocenters. The molecule has 14 nitrogen and oxygen atoms in total. The Morgan fingerprint density at radius 1 is 0.493 bits per heavy atom. The molecule has 0 bridgehead atoms. The maximum Gasteiger partial charge on any atom is 0.220 e. The highest BCUT2D eigenvalue weighted by atomic mass is 16.7. The van der Waals surface area contributed by atoms with Crippen molar-refractivity contribution in [2.75, 3.05) is 19.8 Å². The lowest BCUT2D eigenvalue weighted by Gasteiger charge is -2.46. The van der Waals surface area contributed by atoms with Crippen molar-refractivity contribution in [2.45, 2.75) is 261 Å². The fourth-order valence-electron chi connectivity index (χ4n) is 8.86. The number of rotatable bonds is 44. The van der Waals surface area contributed by atoms with Crippen molar-refractivity contribution in [3.8, 4) is 0 Å². The quantitative estimate of drug-likeness (QED) is 0.0205. The Bertz CT molecular complexity index is 1620. The lowest BCUT2D eigenvalue weighted by atomic mass is 9.97. The van der Waals surface area contributed by atoms with Gasteiger partial charge in [0.15, 0.2) is 12.6 Å². The largest absolute Gasteiger partial charge is 0.394 e. The number of nitrogens with one attached hydrogen (secondary N) is 1. The fourth-order valence-corrected chi connectivity index (χ4v) is 8.86. The summed E-state index contributed by atoms with van der Waals surface area (Å²) in [7, 11) is 0. The van der Waals surface area contributed by atoms with E-state index in [0.29, 0.717) is 6.42 Å². The molecule has 0 aromatic heterocycles. The van der Waals surface area contributed by atoms with Crippen LogP contribution >= 0.6 is 0 Å². The second kappa shape index (κ2) is 45.9. The maximum absolute atomic E-state index is 13.2. The number of aliphatic hydroxyl groups is 8. The van der Waals surface area contributed by atoms with Crippen molar-refractivity contribution in [3.63, 3.8) is 0 Å². The van der Waals surface area contributed by atoms with Crippen molar-refractivity contribution in [1.29, 1.82) is 0 Å². The van der Waals surface area contributed by atoms with Gasteiger partial charge in [-0.05, 0) is 77.0 Å². The molecule has 0 aliphatic carbocycles. The zero-order chi connectivity index (χ0) is 54.6. The molecule has 2 fully saturated rings. The van der Waals surface area contributed by atoms with Crippen molar-refractivity contribution in [1.82, 2.24) is 5.32 Å². The van der Waals surface area contributed by atoms with Gasteiger partial charge in [-0.15, -0.1) is 0 Å². The van der Waals surface area contributed by atoms with E-state index in [1.807, 2.05) is 6.08 Å². The van der Waals surface area contributed by atoms with E-state index in [1.54, 1.807) is 6.08 Å². The summed E-state index contributed by atoms with van der Waals surface area (Å²) in [6.45, 7) is 2.64. The van der Waals surface area contributed by atoms with E-state index in [0.717, 1.165) is 83.5 Å². The highest BCUT2D eigenvalue weighted by Gasteiger charge is 2.51. The van der Waals surface area contributed by atoms with E-state index in [9.17, 15) is 45.6 Å². The molecule has 0 aromatic carbocycles. The van der Waals surface area contributed by atoms with Crippen molar-refractivity contribution in [3.05, 3.63) is 97.2 Å². The molecule has 12 atom stereocenters. The van der Waals surface area contributed by atoms with Crippen LogP contribution in [0.25, 0.3) is 0 Å². The van der Waals surface area contributed by atoms with Crippen LogP contribution in [0.5, 0.6) is 0 Å². The monoisotopic (exact) mass is 1060 g/mol. The summed E-state index contributed by atoms with van der Waals surface area (Å²) in [5.74, 6) is -0.275. The molecule has 2 heterocycles. The standard InChI is InChI=1S/C61H103NO13/c1-3-5-7-9-11-13-15-17-19-21-22-23-24-25-26-27-28-29-31-33-35-37-39-41-43-45-53(66)62-49(50(65)44-42-40-38-36-34-32-30-20-18-16-14-12-10-8-6-4-2)48-72-60-58(71)56(69)59(52(47-64)74-60)75-61-57(70)55(68)54(67)51(46-63)73-61/h5,7,11,13,17,19,22-23,25-26,28-29,33,35,42,44,49-52,54-61,63-65,67-71H,3-4,6,8-10,12,14-16,18,20-21,24,27,30-32,34,36-41,43,45-48H2,1-2H3,(H,62,66)/b7-5-,13-11-,19-17-,23-22-,26-25-,29-28-,35-33-,44-42+. The van der Waals surface area contributed by atoms with Gasteiger partial charge < -0.3 is 65.1 Å². The first-order valence-corrected chi connectivity index (χ1v) is 29.0. The van der Waals surface area contributed by atoms with Crippen LogP contribution in [0.4, 0.5) is 0 Å². The van der Waals surface area contributed by atoms with Crippen LogP contribution in [0.1, 0.15) is 187 Å². The highest BCUT2D eigenvalue weighted by Crippen LogP contribution is 2.30. The molecule has 2 rings (SSSR count). The predicted molar refractivity (Wildman–Crippen MR) is 299 cm³/mol. The van der Waals surface area contributed by atoms with E-state index < -0.39 is 86.8 Å². The van der Waals surface area contributed by atoms with Crippen molar-refractivity contribution in [2.24, 2.45) is 0 Å². The molecule has 0 saturated carbocycles. The molecule has 0 aromatic rings. The van der Waals surface area contributed by atoms with Crippen LogP contribution in [0.2, 0.25) is 0 Å². The van der Waals surface area contributed by atoms with E-state index in [1.165, 1.54) is 77.0 Å². The average molecular weight is 1060 g/mol. The first-order chi connectivity index (χ1) is 36.6. The highest BCUT2D eigenvalue weighted by molar-refractivity contribution is 5.76. The zero-order valence-electron chi connectivity index (χ0n) is 46.0. The Morgan fingerprint density at radius 2 is 0.920 bits per heavy atom. The minimum Gasteiger partial charge on any atom is -0.394 e. The normalized spacial score (nSPS) is 25.8. The summed E-state index contributed by atoms with van der Waals surface area (Å²) in [5.41, 5.74) is 0. The molecule has 430 valence electrons. The molecular weight excluding hydrogens is 955 g/mol. The molecule has 2 aliphatic rings. The number of carbonyl (C=O) groups excluding carboxylic acids is 1. The Morgan fingerprint density at radius 3 is 1.41 bits per heavy atom. The Labute approximate surface area is 452 Å². The van der Waals surface area contributed by atoms with E-state index in [4.69, 9.17) is 18.9 Å². The molecule has 2 aliphatic heterocycles. The van der Waals surface area contributed by atoms with Gasteiger partial charge in [0.25, 0.3) is 0 Å². The first kappa shape index (κ1) is 68.0. The van der Waals surface area contributed by atoms with Crippen LogP contribution in [-0.2, 0) is 23.7 Å². The Kier molecular flexibility index (Phi) is 41.6. The molecule has 75 heavy (non-hydrogen) atoms. The second-order valence-electron chi connectivity index (χ2n) is 20.0. The number of ether oxygens (including phenoxy) is 4. The van der Waals surface area contributed by atoms with Gasteiger partial charge in [0.2, 0.25) is 5.91 Å². The lowest BCUT2D eigenvalue weighted by Crippen LogP contribution is -2.65. The predicted octanol–water partition coefficient (Wildman–Crippen LogP) is 9.49. The molecular formula is C61H103NO13. The molecule has 2 saturated heterocycles. The Hall–Kier alpha value is -3.09. The van der Waals surface area contributed by atoms with E-state index in [2.05, 4.69) is 104 Å². The zero-order valence-corrected chi connectivity index (χ0v) is 46.0. The minimum absolute atomic E-state index is 0.235. The lowest BCUT2D eigenvalue weighted by molar-refractivity contribution is -0.359. The third kappa shape index (κ3) is 31.8. The summed E-state index contributed by atoms with van der Waals surface area (Å²) in [4.78, 5) is 13.2. The summed E-state index contributed by atoms with van der Waals surface area (Å²) in [6, 6.07) is -0.939.